The highest BCUT2D eigenvalue weighted by Gasteiger charge is 2.15. The van der Waals surface area contributed by atoms with Gasteiger partial charge in [0.25, 0.3) is 0 Å². The van der Waals surface area contributed by atoms with Crippen LogP contribution >= 0.6 is 11.3 Å². The molecule has 0 fully saturated rings. The molecule has 0 bridgehead atoms. The highest BCUT2D eigenvalue weighted by Crippen LogP contribution is 2.17. The molecule has 0 aromatic carbocycles. The van der Waals surface area contributed by atoms with E-state index in [-0.39, 0.29) is 17.8 Å². The van der Waals surface area contributed by atoms with Crippen LogP contribution in [0.2, 0.25) is 0 Å². The van der Waals surface area contributed by atoms with E-state index >= 15 is 0 Å². The van der Waals surface area contributed by atoms with Crippen molar-refractivity contribution in [2.24, 2.45) is 0 Å². The summed E-state index contributed by atoms with van der Waals surface area (Å²) in [7, 11) is 0. The maximum atomic E-state index is 11.7. The standard InChI is InChI=1S/C12H13N3O4S/c1-7(10-15-9(6-20-10)11(16)17)14-12(18)13-4-8-2-3-19-5-8/h2-3,5-7H,4H2,1H3,(H,16,17)(H2,13,14,18). The van der Waals surface area contributed by atoms with Crippen molar-refractivity contribution in [2.45, 2.75) is 19.5 Å². The first-order chi connectivity index (χ1) is 9.56. The van der Waals surface area contributed by atoms with Crippen LogP contribution in [0, 0.1) is 0 Å². The van der Waals surface area contributed by atoms with Gasteiger partial charge in [0.1, 0.15) is 5.01 Å². The monoisotopic (exact) mass is 295 g/mol. The molecule has 0 aliphatic carbocycles. The molecule has 0 saturated heterocycles. The van der Waals surface area contributed by atoms with E-state index in [1.54, 1.807) is 19.3 Å². The van der Waals surface area contributed by atoms with Crippen molar-refractivity contribution in [1.82, 2.24) is 15.6 Å². The fourth-order valence-electron chi connectivity index (χ4n) is 1.47. The molecule has 0 saturated carbocycles. The van der Waals surface area contributed by atoms with Gasteiger partial charge in [-0.2, -0.15) is 0 Å². The first-order valence-electron chi connectivity index (χ1n) is 5.80. The Morgan fingerprint density at radius 3 is 2.95 bits per heavy atom. The Morgan fingerprint density at radius 1 is 1.55 bits per heavy atom. The predicted molar refractivity (Wildman–Crippen MR) is 71.6 cm³/mol. The van der Waals surface area contributed by atoms with Crippen molar-refractivity contribution in [3.63, 3.8) is 0 Å². The predicted octanol–water partition coefficient (Wildman–Crippen LogP) is 1.99. The summed E-state index contributed by atoms with van der Waals surface area (Å²) in [6.07, 6.45) is 3.07. The first kappa shape index (κ1) is 14.1. The SMILES string of the molecule is CC(NC(=O)NCc1ccoc1)c1nc(C(=O)O)cs1. The molecule has 7 nitrogen and oxygen atoms in total. The molecule has 0 spiro atoms. The molecular formula is C12H13N3O4S. The van der Waals surface area contributed by atoms with Crippen LogP contribution in [0.1, 0.15) is 34.0 Å². The number of urea groups is 1. The van der Waals surface area contributed by atoms with Crippen LogP contribution in [-0.2, 0) is 6.54 Å². The van der Waals surface area contributed by atoms with Crippen molar-refractivity contribution < 1.29 is 19.1 Å². The minimum absolute atomic E-state index is 0.0162. The third-order valence-electron chi connectivity index (χ3n) is 2.49. The fourth-order valence-corrected chi connectivity index (χ4v) is 2.27. The Balaban J connectivity index is 1.85. The summed E-state index contributed by atoms with van der Waals surface area (Å²) in [5, 5.41) is 16.1. The molecule has 2 heterocycles. The summed E-state index contributed by atoms with van der Waals surface area (Å²) in [6.45, 7) is 2.09. The Kier molecular flexibility index (Phi) is 4.36. The van der Waals surface area contributed by atoms with Crippen molar-refractivity contribution in [1.29, 1.82) is 0 Å². The van der Waals surface area contributed by atoms with Gasteiger partial charge in [0.05, 0.1) is 18.6 Å². The number of hydrogen-bond donors (Lipinski definition) is 3. The second-order valence-electron chi connectivity index (χ2n) is 4.06. The number of rotatable bonds is 5. The van der Waals surface area contributed by atoms with Crippen molar-refractivity contribution in [2.75, 3.05) is 0 Å². The minimum Gasteiger partial charge on any atom is -0.476 e. The van der Waals surface area contributed by atoms with Gasteiger partial charge in [-0.3, -0.25) is 0 Å². The lowest BCUT2D eigenvalue weighted by Crippen LogP contribution is -2.36. The zero-order chi connectivity index (χ0) is 14.5. The third-order valence-corrected chi connectivity index (χ3v) is 3.52. The van der Waals surface area contributed by atoms with Crippen LogP contribution in [-0.4, -0.2) is 22.1 Å². The van der Waals surface area contributed by atoms with E-state index in [2.05, 4.69) is 15.6 Å². The van der Waals surface area contributed by atoms with Gasteiger partial charge < -0.3 is 20.2 Å². The Hall–Kier alpha value is -2.35. The number of furan rings is 1. The van der Waals surface area contributed by atoms with E-state index < -0.39 is 5.97 Å². The molecule has 0 aliphatic heterocycles. The molecule has 2 aromatic heterocycles. The number of carboxylic acid groups (broad SMARTS) is 1. The number of carbonyl (C=O) groups is 2. The third kappa shape index (κ3) is 3.58. The Morgan fingerprint density at radius 2 is 2.35 bits per heavy atom. The lowest BCUT2D eigenvalue weighted by molar-refractivity contribution is 0.0691. The van der Waals surface area contributed by atoms with Crippen LogP contribution in [0.5, 0.6) is 0 Å². The number of carbonyl (C=O) groups excluding carboxylic acids is 1. The van der Waals surface area contributed by atoms with E-state index in [0.29, 0.717) is 11.6 Å². The lowest BCUT2D eigenvalue weighted by atomic mass is 10.3. The first-order valence-corrected chi connectivity index (χ1v) is 6.68. The zero-order valence-electron chi connectivity index (χ0n) is 10.6. The van der Waals surface area contributed by atoms with E-state index in [1.807, 2.05) is 0 Å². The average Bonchev–Trinajstić information content (AvgIpc) is 3.07. The fraction of sp³-hybridized carbons (Fsp3) is 0.250. The van der Waals surface area contributed by atoms with Gasteiger partial charge in [-0.25, -0.2) is 14.6 Å². The molecule has 1 unspecified atom stereocenters. The van der Waals surface area contributed by atoms with Gasteiger partial charge in [-0.1, -0.05) is 0 Å². The molecule has 0 radical (unpaired) electrons. The molecule has 2 amide bonds. The van der Waals surface area contributed by atoms with E-state index in [9.17, 15) is 9.59 Å². The molecule has 106 valence electrons. The van der Waals surface area contributed by atoms with E-state index in [0.717, 1.165) is 5.56 Å². The minimum atomic E-state index is -1.08. The van der Waals surface area contributed by atoms with Gasteiger partial charge in [0.2, 0.25) is 0 Å². The van der Waals surface area contributed by atoms with Crippen LogP contribution in [0.3, 0.4) is 0 Å². The van der Waals surface area contributed by atoms with Crippen molar-refractivity contribution >= 4 is 23.3 Å². The molecule has 2 rings (SSSR count). The van der Waals surface area contributed by atoms with Gasteiger partial charge in [-0.05, 0) is 13.0 Å². The summed E-state index contributed by atoms with van der Waals surface area (Å²) in [6, 6.07) is 1.03. The second-order valence-corrected chi connectivity index (χ2v) is 4.95. The summed E-state index contributed by atoms with van der Waals surface area (Å²) >= 11 is 1.19. The number of hydrogen-bond acceptors (Lipinski definition) is 5. The zero-order valence-corrected chi connectivity index (χ0v) is 11.4. The molecule has 3 N–H and O–H groups in total. The van der Waals surface area contributed by atoms with Crippen LogP contribution in [0.15, 0.2) is 28.4 Å². The number of amides is 2. The topological polar surface area (TPSA) is 104 Å². The maximum Gasteiger partial charge on any atom is 0.355 e. The van der Waals surface area contributed by atoms with Gasteiger partial charge in [0.15, 0.2) is 5.69 Å². The largest absolute Gasteiger partial charge is 0.476 e. The summed E-state index contributed by atoms with van der Waals surface area (Å²) in [5.74, 6) is -1.08. The Bertz CT molecular complexity index is 594. The number of thiazole rings is 1. The molecule has 20 heavy (non-hydrogen) atoms. The summed E-state index contributed by atoms with van der Waals surface area (Å²) < 4.78 is 4.89. The van der Waals surface area contributed by atoms with E-state index in [4.69, 9.17) is 9.52 Å². The smallest absolute Gasteiger partial charge is 0.355 e. The molecule has 1 atom stereocenters. The lowest BCUT2D eigenvalue weighted by Gasteiger charge is -2.11. The number of aromatic nitrogens is 1. The Labute approximate surface area is 118 Å². The quantitative estimate of drug-likeness (QED) is 0.782. The van der Waals surface area contributed by atoms with Crippen LogP contribution in [0.25, 0.3) is 0 Å². The molecule has 8 heteroatoms. The van der Waals surface area contributed by atoms with Crippen LogP contribution < -0.4 is 10.6 Å². The number of carboxylic acids is 1. The van der Waals surface area contributed by atoms with Crippen molar-refractivity contribution in [3.05, 3.63) is 40.2 Å². The summed E-state index contributed by atoms with van der Waals surface area (Å²) in [4.78, 5) is 26.3. The summed E-state index contributed by atoms with van der Waals surface area (Å²) in [5.41, 5.74) is 0.840. The van der Waals surface area contributed by atoms with Crippen LogP contribution in [0.4, 0.5) is 4.79 Å². The van der Waals surface area contributed by atoms with Gasteiger partial charge in [-0.15, -0.1) is 11.3 Å². The molecule has 2 aromatic rings. The maximum absolute atomic E-state index is 11.7. The van der Waals surface area contributed by atoms with Gasteiger partial charge in [0, 0.05) is 17.5 Å². The van der Waals surface area contributed by atoms with Gasteiger partial charge >= 0.3 is 12.0 Å². The highest BCUT2D eigenvalue weighted by molar-refractivity contribution is 7.09. The second kappa shape index (κ2) is 6.20. The molecule has 0 aliphatic rings. The van der Waals surface area contributed by atoms with E-state index in [1.165, 1.54) is 23.0 Å². The highest BCUT2D eigenvalue weighted by atomic mass is 32.1. The average molecular weight is 295 g/mol. The number of nitrogens with one attached hydrogen (secondary N) is 2. The number of aromatic carboxylic acids is 1. The normalized spacial score (nSPS) is 11.8. The number of nitrogens with zero attached hydrogens (tertiary/aromatic N) is 1. The molecular weight excluding hydrogens is 282 g/mol. The van der Waals surface area contributed by atoms with Crippen molar-refractivity contribution in [3.8, 4) is 0 Å².